The molecule has 0 amide bonds. The van der Waals surface area contributed by atoms with Crippen molar-refractivity contribution in [3.8, 4) is 5.95 Å². The van der Waals surface area contributed by atoms with Crippen molar-refractivity contribution in [2.24, 2.45) is 0 Å². The Morgan fingerprint density at radius 3 is 2.76 bits per heavy atom. The van der Waals surface area contributed by atoms with Crippen molar-refractivity contribution in [2.45, 2.75) is 17.0 Å². The first-order chi connectivity index (χ1) is 10.2. The third-order valence-electron chi connectivity index (χ3n) is 2.73. The zero-order valence-corrected chi connectivity index (χ0v) is 12.5. The summed E-state index contributed by atoms with van der Waals surface area (Å²) in [5, 5.41) is 7.73. The van der Waals surface area contributed by atoms with Gasteiger partial charge in [-0.05, 0) is 36.9 Å². The molecule has 0 bridgehead atoms. The first-order valence-corrected chi connectivity index (χ1v) is 7.24. The van der Waals surface area contributed by atoms with Gasteiger partial charge in [0, 0.05) is 24.3 Å². The van der Waals surface area contributed by atoms with Crippen molar-refractivity contribution in [2.75, 3.05) is 12.4 Å². The van der Waals surface area contributed by atoms with E-state index in [0.29, 0.717) is 17.1 Å². The van der Waals surface area contributed by atoms with E-state index in [0.717, 1.165) is 4.90 Å². The number of hydrogen-bond acceptors (Lipinski definition) is 6. The maximum absolute atomic E-state index is 4.45. The molecular formula is C14H14N6S. The van der Waals surface area contributed by atoms with Crippen molar-refractivity contribution in [1.29, 1.82) is 0 Å². The Hall–Kier alpha value is -2.41. The first-order valence-electron chi connectivity index (χ1n) is 6.43. The molecule has 2 aromatic heterocycles. The molecule has 21 heavy (non-hydrogen) atoms. The number of benzene rings is 1. The van der Waals surface area contributed by atoms with E-state index in [2.05, 4.69) is 44.4 Å². The number of anilines is 1. The van der Waals surface area contributed by atoms with E-state index in [1.165, 1.54) is 17.3 Å². The summed E-state index contributed by atoms with van der Waals surface area (Å²) in [7, 11) is 1.78. The van der Waals surface area contributed by atoms with Gasteiger partial charge < -0.3 is 5.32 Å². The maximum Gasteiger partial charge on any atom is 0.256 e. The lowest BCUT2D eigenvalue weighted by Gasteiger charge is -2.06. The topological polar surface area (TPSA) is 68.5 Å². The van der Waals surface area contributed by atoms with Crippen LogP contribution in [-0.2, 0) is 0 Å². The second kappa shape index (κ2) is 5.92. The second-order valence-electron chi connectivity index (χ2n) is 4.36. The minimum atomic E-state index is 0.495. The molecule has 3 aromatic rings. The highest BCUT2D eigenvalue weighted by atomic mass is 32.2. The predicted octanol–water partition coefficient (Wildman–Crippen LogP) is 2.56. The number of nitrogens with one attached hydrogen (secondary N) is 1. The first kappa shape index (κ1) is 13.6. The van der Waals surface area contributed by atoms with Crippen molar-refractivity contribution in [1.82, 2.24) is 24.7 Å². The lowest BCUT2D eigenvalue weighted by molar-refractivity contribution is 0.762. The van der Waals surface area contributed by atoms with Crippen LogP contribution in [-0.4, -0.2) is 31.8 Å². The van der Waals surface area contributed by atoms with Crippen LogP contribution in [0.2, 0.25) is 0 Å². The largest absolute Gasteiger partial charge is 0.357 e. The number of hydrogen-bond donors (Lipinski definition) is 1. The minimum absolute atomic E-state index is 0.495. The molecular weight excluding hydrogens is 284 g/mol. The second-order valence-corrected chi connectivity index (χ2v) is 5.40. The minimum Gasteiger partial charge on any atom is -0.357 e. The van der Waals surface area contributed by atoms with Crippen molar-refractivity contribution in [3.63, 3.8) is 0 Å². The molecule has 0 aliphatic rings. The lowest BCUT2D eigenvalue weighted by Crippen LogP contribution is -2.07. The maximum atomic E-state index is 4.45. The molecule has 0 fully saturated rings. The summed E-state index contributed by atoms with van der Waals surface area (Å²) in [6.45, 7) is 2.06. The highest BCUT2D eigenvalue weighted by Crippen LogP contribution is 2.26. The molecule has 0 aliphatic heterocycles. The van der Waals surface area contributed by atoms with Gasteiger partial charge in [-0.2, -0.15) is 20.1 Å². The fourth-order valence-electron chi connectivity index (χ4n) is 1.78. The number of rotatable bonds is 4. The monoisotopic (exact) mass is 298 g/mol. The number of nitrogens with zero attached hydrogens (tertiary/aromatic N) is 5. The van der Waals surface area contributed by atoms with Crippen LogP contribution in [0.5, 0.6) is 0 Å². The molecule has 0 saturated carbocycles. The fourth-order valence-corrected chi connectivity index (χ4v) is 2.64. The summed E-state index contributed by atoms with van der Waals surface area (Å²) >= 11 is 1.50. The van der Waals surface area contributed by atoms with E-state index in [1.807, 2.05) is 18.2 Å². The molecule has 0 atom stereocenters. The standard InChI is InChI=1S/C14H14N6S/c1-10-5-3-6-11(9-10)21-14-18-12(15-2)17-13(19-14)20-8-4-7-16-20/h3-9H,1-2H3,(H,15,17,18,19). The van der Waals surface area contributed by atoms with E-state index >= 15 is 0 Å². The average Bonchev–Trinajstić information content (AvgIpc) is 3.01. The number of aryl methyl sites for hydroxylation is 1. The van der Waals surface area contributed by atoms with Crippen LogP contribution in [0.25, 0.3) is 5.95 Å². The highest BCUT2D eigenvalue weighted by molar-refractivity contribution is 7.99. The van der Waals surface area contributed by atoms with Crippen LogP contribution in [0.1, 0.15) is 5.56 Å². The van der Waals surface area contributed by atoms with Crippen LogP contribution in [0.4, 0.5) is 5.95 Å². The van der Waals surface area contributed by atoms with Gasteiger partial charge in [0.05, 0.1) is 0 Å². The van der Waals surface area contributed by atoms with Gasteiger partial charge in [-0.3, -0.25) is 0 Å². The number of aromatic nitrogens is 5. The third kappa shape index (κ3) is 3.19. The van der Waals surface area contributed by atoms with Gasteiger partial charge in [0.15, 0.2) is 5.16 Å². The van der Waals surface area contributed by atoms with E-state index in [9.17, 15) is 0 Å². The lowest BCUT2D eigenvalue weighted by atomic mass is 10.2. The normalized spacial score (nSPS) is 10.6. The molecule has 0 unspecified atom stereocenters. The molecule has 2 heterocycles. The Bertz CT molecular complexity index is 741. The molecule has 1 N–H and O–H groups in total. The molecule has 106 valence electrons. The molecule has 3 rings (SSSR count). The van der Waals surface area contributed by atoms with Gasteiger partial charge >= 0.3 is 0 Å². The quantitative estimate of drug-likeness (QED) is 0.798. The molecule has 0 aliphatic carbocycles. The molecule has 6 nitrogen and oxygen atoms in total. The Morgan fingerprint density at radius 2 is 2.05 bits per heavy atom. The van der Waals surface area contributed by atoms with E-state index in [-0.39, 0.29) is 0 Å². The van der Waals surface area contributed by atoms with Crippen LogP contribution in [0, 0.1) is 6.92 Å². The van der Waals surface area contributed by atoms with Crippen LogP contribution < -0.4 is 5.32 Å². The van der Waals surface area contributed by atoms with Crippen molar-refractivity contribution in [3.05, 3.63) is 48.3 Å². The van der Waals surface area contributed by atoms with Gasteiger partial charge in [-0.1, -0.05) is 17.7 Å². The van der Waals surface area contributed by atoms with Gasteiger partial charge in [-0.25, -0.2) is 4.68 Å². The molecule has 7 heteroatoms. The van der Waals surface area contributed by atoms with Gasteiger partial charge in [0.2, 0.25) is 5.95 Å². The Labute approximate surface area is 126 Å². The third-order valence-corrected chi connectivity index (χ3v) is 3.59. The average molecular weight is 298 g/mol. The SMILES string of the molecule is CNc1nc(Sc2cccc(C)c2)nc(-n2cccn2)n1. The van der Waals surface area contributed by atoms with Crippen LogP contribution in [0.3, 0.4) is 0 Å². The molecule has 1 aromatic carbocycles. The zero-order valence-electron chi connectivity index (χ0n) is 11.7. The summed E-state index contributed by atoms with van der Waals surface area (Å²) in [5.41, 5.74) is 1.20. The van der Waals surface area contributed by atoms with E-state index < -0.39 is 0 Å². The summed E-state index contributed by atoms with van der Waals surface area (Å²) < 4.78 is 1.61. The fraction of sp³-hybridized carbons (Fsp3) is 0.143. The Balaban J connectivity index is 1.96. The van der Waals surface area contributed by atoms with Gasteiger partial charge in [0.25, 0.3) is 5.95 Å². The smallest absolute Gasteiger partial charge is 0.256 e. The Kier molecular flexibility index (Phi) is 3.83. The van der Waals surface area contributed by atoms with Crippen LogP contribution >= 0.6 is 11.8 Å². The predicted molar refractivity (Wildman–Crippen MR) is 81.8 cm³/mol. The zero-order chi connectivity index (χ0) is 14.7. The summed E-state index contributed by atoms with van der Waals surface area (Å²) in [6, 6.07) is 10.0. The Morgan fingerprint density at radius 1 is 1.14 bits per heavy atom. The summed E-state index contributed by atoms with van der Waals surface area (Å²) in [6.07, 6.45) is 3.49. The van der Waals surface area contributed by atoms with E-state index in [1.54, 1.807) is 24.1 Å². The van der Waals surface area contributed by atoms with Gasteiger partial charge in [0.1, 0.15) is 0 Å². The van der Waals surface area contributed by atoms with E-state index in [4.69, 9.17) is 0 Å². The summed E-state index contributed by atoms with van der Waals surface area (Å²) in [4.78, 5) is 14.2. The highest BCUT2D eigenvalue weighted by Gasteiger charge is 2.09. The van der Waals surface area contributed by atoms with Crippen LogP contribution in [0.15, 0.2) is 52.8 Å². The van der Waals surface area contributed by atoms with Gasteiger partial charge in [-0.15, -0.1) is 0 Å². The van der Waals surface area contributed by atoms with Crippen molar-refractivity contribution < 1.29 is 0 Å². The molecule has 0 saturated heterocycles. The van der Waals surface area contributed by atoms with Crippen molar-refractivity contribution >= 4 is 17.7 Å². The molecule has 0 radical (unpaired) electrons. The summed E-state index contributed by atoms with van der Waals surface area (Å²) in [5.74, 6) is 1.01. The molecule has 0 spiro atoms.